The Labute approximate surface area is 89.9 Å². The molecule has 14 heavy (non-hydrogen) atoms. The number of hydrogen-bond acceptors (Lipinski definition) is 2. The van der Waals surface area contributed by atoms with Crippen LogP contribution >= 0.6 is 11.8 Å². The molecule has 0 N–H and O–H groups in total. The van der Waals surface area contributed by atoms with E-state index in [2.05, 4.69) is 0 Å². The van der Waals surface area contributed by atoms with Crippen molar-refractivity contribution in [3.8, 4) is 0 Å². The van der Waals surface area contributed by atoms with Crippen LogP contribution in [0.3, 0.4) is 0 Å². The smallest absolute Gasteiger partial charge is 0.164 e. The van der Waals surface area contributed by atoms with Gasteiger partial charge in [0.2, 0.25) is 0 Å². The molecule has 0 saturated carbocycles. The molecule has 1 heterocycles. The summed E-state index contributed by atoms with van der Waals surface area (Å²) in [6, 6.07) is 7.88. The van der Waals surface area contributed by atoms with E-state index in [9.17, 15) is 4.79 Å². The standard InChI is InChI=1S/C10H10OS.C2H6/c11-9-5-3-7-12-10-6-2-1-4-8(9)10;1-2/h1-2,4,6H,3,5,7H2;1-2H3. The van der Waals surface area contributed by atoms with Crippen LogP contribution in [0.4, 0.5) is 0 Å². The molecule has 1 nitrogen and oxygen atoms in total. The quantitative estimate of drug-likeness (QED) is 0.645. The highest BCUT2D eigenvalue weighted by molar-refractivity contribution is 7.99. The first-order valence-electron chi connectivity index (χ1n) is 5.13. The van der Waals surface area contributed by atoms with E-state index >= 15 is 0 Å². The van der Waals surface area contributed by atoms with Gasteiger partial charge in [-0.1, -0.05) is 32.0 Å². The molecule has 1 aromatic rings. The van der Waals surface area contributed by atoms with Crippen LogP contribution in [0.15, 0.2) is 29.2 Å². The first kappa shape index (κ1) is 11.3. The Balaban J connectivity index is 0.000000461. The molecular weight excluding hydrogens is 192 g/mol. The van der Waals surface area contributed by atoms with E-state index in [1.54, 1.807) is 11.8 Å². The highest BCUT2D eigenvalue weighted by atomic mass is 32.2. The van der Waals surface area contributed by atoms with Gasteiger partial charge in [0.05, 0.1) is 0 Å². The Morgan fingerprint density at radius 1 is 1.21 bits per heavy atom. The van der Waals surface area contributed by atoms with Crippen molar-refractivity contribution in [1.82, 2.24) is 0 Å². The Kier molecular flexibility index (Phi) is 4.74. The molecule has 1 aliphatic rings. The summed E-state index contributed by atoms with van der Waals surface area (Å²) >= 11 is 1.79. The van der Waals surface area contributed by atoms with Crippen LogP contribution in [0.2, 0.25) is 0 Å². The molecule has 0 aromatic heterocycles. The van der Waals surface area contributed by atoms with Gasteiger partial charge in [0.25, 0.3) is 0 Å². The lowest BCUT2D eigenvalue weighted by Gasteiger charge is -2.00. The second-order valence-electron chi connectivity index (χ2n) is 2.87. The van der Waals surface area contributed by atoms with Crippen molar-refractivity contribution in [2.24, 2.45) is 0 Å². The van der Waals surface area contributed by atoms with Gasteiger partial charge in [0, 0.05) is 16.9 Å². The number of carbonyl (C=O) groups is 1. The van der Waals surface area contributed by atoms with Gasteiger partial charge < -0.3 is 0 Å². The fourth-order valence-electron chi connectivity index (χ4n) is 1.37. The molecule has 0 amide bonds. The summed E-state index contributed by atoms with van der Waals surface area (Å²) in [5.74, 6) is 1.37. The van der Waals surface area contributed by atoms with Gasteiger partial charge in [-0.05, 0) is 18.2 Å². The number of ketones is 1. The molecule has 0 aliphatic carbocycles. The maximum Gasteiger partial charge on any atom is 0.164 e. The predicted octanol–water partition coefficient (Wildman–Crippen LogP) is 3.78. The Morgan fingerprint density at radius 3 is 2.71 bits per heavy atom. The summed E-state index contributed by atoms with van der Waals surface area (Å²) in [5.41, 5.74) is 0.917. The second-order valence-corrected chi connectivity index (χ2v) is 4.01. The third-order valence-electron chi connectivity index (χ3n) is 1.99. The zero-order chi connectivity index (χ0) is 10.4. The van der Waals surface area contributed by atoms with Crippen LogP contribution in [0.25, 0.3) is 0 Å². The summed E-state index contributed by atoms with van der Waals surface area (Å²) in [5, 5.41) is 0. The minimum Gasteiger partial charge on any atom is -0.294 e. The van der Waals surface area contributed by atoms with Crippen molar-refractivity contribution in [3.63, 3.8) is 0 Å². The summed E-state index contributed by atoms with van der Waals surface area (Å²) in [7, 11) is 0. The molecule has 76 valence electrons. The average molecular weight is 208 g/mol. The molecule has 1 aliphatic heterocycles. The largest absolute Gasteiger partial charge is 0.294 e. The topological polar surface area (TPSA) is 17.1 Å². The highest BCUT2D eigenvalue weighted by Crippen LogP contribution is 2.28. The minimum absolute atomic E-state index is 0.301. The van der Waals surface area contributed by atoms with Crippen molar-refractivity contribution in [2.45, 2.75) is 31.6 Å². The van der Waals surface area contributed by atoms with Crippen molar-refractivity contribution in [3.05, 3.63) is 29.8 Å². The lowest BCUT2D eigenvalue weighted by atomic mass is 10.1. The van der Waals surface area contributed by atoms with E-state index in [-0.39, 0.29) is 0 Å². The fraction of sp³-hybridized carbons (Fsp3) is 0.417. The number of benzene rings is 1. The van der Waals surface area contributed by atoms with Crippen LogP contribution in [-0.2, 0) is 0 Å². The zero-order valence-electron chi connectivity index (χ0n) is 8.75. The van der Waals surface area contributed by atoms with E-state index in [0.29, 0.717) is 12.2 Å². The summed E-state index contributed by atoms with van der Waals surface area (Å²) in [6.45, 7) is 4.00. The SMILES string of the molecule is CC.O=C1CCCSc2ccccc21. The molecule has 0 unspecified atom stereocenters. The van der Waals surface area contributed by atoms with E-state index in [1.807, 2.05) is 38.1 Å². The highest BCUT2D eigenvalue weighted by Gasteiger charge is 2.14. The van der Waals surface area contributed by atoms with Gasteiger partial charge in [-0.2, -0.15) is 0 Å². The number of Topliss-reactive ketones (excluding diaryl/α,β-unsaturated/α-hetero) is 1. The summed E-state index contributed by atoms with van der Waals surface area (Å²) in [4.78, 5) is 12.6. The van der Waals surface area contributed by atoms with Crippen LogP contribution in [-0.4, -0.2) is 11.5 Å². The Bertz CT molecular complexity index is 307. The molecule has 0 bridgehead atoms. The van der Waals surface area contributed by atoms with Crippen molar-refractivity contribution < 1.29 is 4.79 Å². The molecular formula is C12H16OS. The monoisotopic (exact) mass is 208 g/mol. The normalized spacial score (nSPS) is 14.9. The molecule has 2 heteroatoms. The number of rotatable bonds is 0. The molecule has 1 aromatic carbocycles. The number of thioether (sulfide) groups is 1. The molecule has 2 rings (SSSR count). The van der Waals surface area contributed by atoms with Crippen LogP contribution in [0.1, 0.15) is 37.0 Å². The van der Waals surface area contributed by atoms with Gasteiger partial charge in [-0.25, -0.2) is 0 Å². The van der Waals surface area contributed by atoms with Crippen LogP contribution in [0.5, 0.6) is 0 Å². The zero-order valence-corrected chi connectivity index (χ0v) is 9.56. The first-order chi connectivity index (χ1) is 6.88. The van der Waals surface area contributed by atoms with E-state index < -0.39 is 0 Å². The maximum atomic E-state index is 11.5. The average Bonchev–Trinajstić information content (AvgIpc) is 2.45. The maximum absolute atomic E-state index is 11.5. The number of carbonyl (C=O) groups excluding carboxylic acids is 1. The fourth-order valence-corrected chi connectivity index (χ4v) is 2.39. The summed E-state index contributed by atoms with van der Waals surface area (Å²) in [6.07, 6.45) is 1.72. The van der Waals surface area contributed by atoms with Crippen LogP contribution in [0, 0.1) is 0 Å². The minimum atomic E-state index is 0.301. The van der Waals surface area contributed by atoms with Crippen molar-refractivity contribution >= 4 is 17.5 Å². The van der Waals surface area contributed by atoms with Crippen molar-refractivity contribution in [1.29, 1.82) is 0 Å². The lowest BCUT2D eigenvalue weighted by molar-refractivity contribution is 0.0980. The molecule has 0 spiro atoms. The second kappa shape index (κ2) is 5.86. The third kappa shape index (κ3) is 2.61. The Hall–Kier alpha value is -0.760. The number of hydrogen-bond donors (Lipinski definition) is 0. The Morgan fingerprint density at radius 2 is 1.93 bits per heavy atom. The predicted molar refractivity (Wildman–Crippen MR) is 62.1 cm³/mol. The number of fused-ring (bicyclic) bond motifs is 1. The third-order valence-corrected chi connectivity index (χ3v) is 3.15. The van der Waals surface area contributed by atoms with Crippen LogP contribution < -0.4 is 0 Å². The molecule has 0 radical (unpaired) electrons. The van der Waals surface area contributed by atoms with Crippen molar-refractivity contribution in [2.75, 3.05) is 5.75 Å². The summed E-state index contributed by atoms with van der Waals surface area (Å²) < 4.78 is 0. The molecule has 0 atom stereocenters. The molecule has 0 fully saturated rings. The van der Waals surface area contributed by atoms with Gasteiger partial charge >= 0.3 is 0 Å². The van der Waals surface area contributed by atoms with Gasteiger partial charge in [-0.3, -0.25) is 4.79 Å². The van der Waals surface area contributed by atoms with E-state index in [1.165, 1.54) is 0 Å². The van der Waals surface area contributed by atoms with E-state index in [0.717, 1.165) is 22.6 Å². The van der Waals surface area contributed by atoms with Gasteiger partial charge in [0.15, 0.2) is 5.78 Å². The lowest BCUT2D eigenvalue weighted by Crippen LogP contribution is -1.97. The van der Waals surface area contributed by atoms with Gasteiger partial charge in [-0.15, -0.1) is 11.8 Å². The van der Waals surface area contributed by atoms with Gasteiger partial charge in [0.1, 0.15) is 0 Å². The first-order valence-corrected chi connectivity index (χ1v) is 6.11. The molecule has 0 saturated heterocycles. The van der Waals surface area contributed by atoms with E-state index in [4.69, 9.17) is 0 Å².